The molecule has 1 heterocycles. The van der Waals surface area contributed by atoms with Crippen LogP contribution in [0.3, 0.4) is 0 Å². The maximum atomic E-state index is 9.64. The van der Waals surface area contributed by atoms with E-state index in [1.54, 1.807) is 6.07 Å². The number of hydrogen-bond donors (Lipinski definition) is 1. The lowest BCUT2D eigenvalue weighted by molar-refractivity contribution is 0.275. The number of rotatable bonds is 2. The molecule has 3 aromatic rings. The van der Waals surface area contributed by atoms with E-state index in [1.165, 1.54) is 0 Å². The molecule has 0 saturated carbocycles. The molecule has 0 bridgehead atoms. The summed E-state index contributed by atoms with van der Waals surface area (Å²) in [7, 11) is -0.839. The van der Waals surface area contributed by atoms with Gasteiger partial charge in [-0.2, -0.15) is 5.26 Å². The Bertz CT molecular complexity index is 949. The molecule has 0 aromatic heterocycles. The summed E-state index contributed by atoms with van der Waals surface area (Å²) >= 11 is 0. The van der Waals surface area contributed by atoms with Crippen LogP contribution >= 0.6 is 0 Å². The van der Waals surface area contributed by atoms with E-state index in [4.69, 9.17) is 14.7 Å². The third-order valence-electron chi connectivity index (χ3n) is 3.95. The molecule has 0 saturated heterocycles. The lowest BCUT2D eigenvalue weighted by Gasteiger charge is -2.08. The Morgan fingerprint density at radius 1 is 1.00 bits per heavy atom. The van der Waals surface area contributed by atoms with Gasteiger partial charge in [0, 0.05) is 0 Å². The van der Waals surface area contributed by atoms with Crippen molar-refractivity contribution in [2.45, 2.75) is 6.61 Å². The standard InChI is InChI=1S/C18H12BNO3/c20-10-12-1-2-14-8-16(4-3-13(14)7-12)23-17-5-6-18-15(9-17)11-22-19(18)21/h1-9,21H,11H2. The van der Waals surface area contributed by atoms with E-state index in [-0.39, 0.29) is 0 Å². The second kappa shape index (κ2) is 5.43. The van der Waals surface area contributed by atoms with Crippen LogP contribution in [0.2, 0.25) is 0 Å². The van der Waals surface area contributed by atoms with E-state index >= 15 is 0 Å². The molecular formula is C18H12BNO3. The van der Waals surface area contributed by atoms with Crippen molar-refractivity contribution < 1.29 is 14.4 Å². The lowest BCUT2D eigenvalue weighted by Crippen LogP contribution is -2.27. The highest BCUT2D eigenvalue weighted by Gasteiger charge is 2.27. The maximum absolute atomic E-state index is 9.64. The van der Waals surface area contributed by atoms with Crippen LogP contribution in [-0.2, 0) is 11.3 Å². The van der Waals surface area contributed by atoms with E-state index in [0.717, 1.165) is 27.5 Å². The molecule has 4 nitrogen and oxygen atoms in total. The summed E-state index contributed by atoms with van der Waals surface area (Å²) in [5.41, 5.74) is 2.37. The van der Waals surface area contributed by atoms with Gasteiger partial charge in [-0.15, -0.1) is 0 Å². The smallest absolute Gasteiger partial charge is 0.457 e. The first-order valence-corrected chi connectivity index (χ1v) is 7.27. The van der Waals surface area contributed by atoms with Crippen molar-refractivity contribution >= 4 is 23.4 Å². The minimum absolute atomic E-state index is 0.391. The van der Waals surface area contributed by atoms with Gasteiger partial charge in [-0.05, 0) is 58.2 Å². The molecule has 5 heteroatoms. The van der Waals surface area contributed by atoms with Gasteiger partial charge in [0.05, 0.1) is 18.2 Å². The lowest BCUT2D eigenvalue weighted by atomic mass is 9.80. The van der Waals surface area contributed by atoms with Crippen LogP contribution in [0, 0.1) is 11.3 Å². The first-order chi connectivity index (χ1) is 11.2. The van der Waals surface area contributed by atoms with Crippen LogP contribution in [0.5, 0.6) is 11.5 Å². The number of fused-ring (bicyclic) bond motifs is 2. The van der Waals surface area contributed by atoms with E-state index in [1.807, 2.05) is 48.5 Å². The largest absolute Gasteiger partial charge is 0.491 e. The quantitative estimate of drug-likeness (QED) is 0.739. The van der Waals surface area contributed by atoms with Gasteiger partial charge in [0.2, 0.25) is 0 Å². The Balaban J connectivity index is 1.64. The summed E-state index contributed by atoms with van der Waals surface area (Å²) in [6, 6.07) is 19.0. The Labute approximate surface area is 133 Å². The summed E-state index contributed by atoms with van der Waals surface area (Å²) in [5.74, 6) is 1.43. The Kier molecular flexibility index (Phi) is 3.27. The SMILES string of the molecule is N#Cc1ccc2cc(Oc3ccc4c(c3)COB4O)ccc2c1. The molecule has 0 amide bonds. The zero-order valence-corrected chi connectivity index (χ0v) is 12.2. The van der Waals surface area contributed by atoms with Gasteiger partial charge >= 0.3 is 7.12 Å². The highest BCUT2D eigenvalue weighted by molar-refractivity contribution is 6.61. The van der Waals surface area contributed by atoms with E-state index in [0.29, 0.717) is 17.9 Å². The van der Waals surface area contributed by atoms with Crippen LogP contribution in [0.25, 0.3) is 10.8 Å². The third-order valence-corrected chi connectivity index (χ3v) is 3.95. The van der Waals surface area contributed by atoms with Crippen molar-refractivity contribution in [3.05, 3.63) is 65.7 Å². The van der Waals surface area contributed by atoms with Crippen molar-refractivity contribution in [2.75, 3.05) is 0 Å². The Morgan fingerprint density at radius 2 is 1.74 bits per heavy atom. The summed E-state index contributed by atoms with van der Waals surface area (Å²) in [6.07, 6.45) is 0. The average molecular weight is 301 g/mol. The van der Waals surface area contributed by atoms with Gasteiger partial charge in [-0.3, -0.25) is 0 Å². The first kappa shape index (κ1) is 13.8. The first-order valence-electron chi connectivity index (χ1n) is 7.27. The van der Waals surface area contributed by atoms with Crippen LogP contribution in [0.1, 0.15) is 11.1 Å². The molecule has 0 aliphatic carbocycles. The monoisotopic (exact) mass is 301 g/mol. The maximum Gasteiger partial charge on any atom is 0.491 e. The van der Waals surface area contributed by atoms with Crippen LogP contribution < -0.4 is 10.2 Å². The molecule has 23 heavy (non-hydrogen) atoms. The zero-order valence-electron chi connectivity index (χ0n) is 12.2. The molecule has 0 fully saturated rings. The van der Waals surface area contributed by atoms with Gasteiger partial charge in [-0.1, -0.05) is 18.2 Å². The number of benzene rings is 3. The summed E-state index contributed by atoms with van der Waals surface area (Å²) in [4.78, 5) is 0. The summed E-state index contributed by atoms with van der Waals surface area (Å²) in [6.45, 7) is 0.391. The van der Waals surface area contributed by atoms with Gasteiger partial charge in [0.25, 0.3) is 0 Å². The van der Waals surface area contributed by atoms with E-state index < -0.39 is 7.12 Å². The highest BCUT2D eigenvalue weighted by atomic mass is 16.5. The molecule has 1 N–H and O–H groups in total. The minimum atomic E-state index is -0.839. The minimum Gasteiger partial charge on any atom is -0.457 e. The zero-order chi connectivity index (χ0) is 15.8. The molecule has 3 aromatic carbocycles. The van der Waals surface area contributed by atoms with Gasteiger partial charge < -0.3 is 14.4 Å². The predicted octanol–water partition coefficient (Wildman–Crippen LogP) is 2.72. The van der Waals surface area contributed by atoms with Crippen molar-refractivity contribution in [2.24, 2.45) is 0 Å². The number of hydrogen-bond acceptors (Lipinski definition) is 4. The second-order valence-electron chi connectivity index (χ2n) is 5.46. The summed E-state index contributed by atoms with van der Waals surface area (Å²) < 4.78 is 11.1. The number of nitrogens with zero attached hydrogens (tertiary/aromatic N) is 1. The Hall–Kier alpha value is -2.81. The van der Waals surface area contributed by atoms with Crippen LogP contribution in [0.15, 0.2) is 54.6 Å². The Morgan fingerprint density at radius 3 is 2.61 bits per heavy atom. The molecule has 1 aliphatic rings. The van der Waals surface area contributed by atoms with Crippen molar-refractivity contribution in [1.82, 2.24) is 0 Å². The molecular weight excluding hydrogens is 289 g/mol. The van der Waals surface area contributed by atoms with Gasteiger partial charge in [0.15, 0.2) is 0 Å². The van der Waals surface area contributed by atoms with E-state index in [2.05, 4.69) is 6.07 Å². The molecule has 1 aliphatic heterocycles. The van der Waals surface area contributed by atoms with Crippen molar-refractivity contribution in [3.8, 4) is 17.6 Å². The number of ether oxygens (including phenoxy) is 1. The fourth-order valence-electron chi connectivity index (χ4n) is 2.76. The topological polar surface area (TPSA) is 62.5 Å². The molecule has 110 valence electrons. The van der Waals surface area contributed by atoms with Crippen molar-refractivity contribution in [3.63, 3.8) is 0 Å². The number of nitriles is 1. The van der Waals surface area contributed by atoms with Gasteiger partial charge in [-0.25, -0.2) is 0 Å². The molecule has 0 unspecified atom stereocenters. The van der Waals surface area contributed by atoms with E-state index in [9.17, 15) is 5.02 Å². The fourth-order valence-corrected chi connectivity index (χ4v) is 2.76. The normalized spacial score (nSPS) is 13.0. The molecule has 0 atom stereocenters. The molecule has 0 radical (unpaired) electrons. The molecule has 0 spiro atoms. The van der Waals surface area contributed by atoms with Crippen LogP contribution in [-0.4, -0.2) is 12.1 Å². The highest BCUT2D eigenvalue weighted by Crippen LogP contribution is 2.27. The third kappa shape index (κ3) is 2.55. The fraction of sp³-hybridized carbons (Fsp3) is 0.0556. The summed E-state index contributed by atoms with van der Waals surface area (Å²) in [5, 5.41) is 20.6. The van der Waals surface area contributed by atoms with Gasteiger partial charge in [0.1, 0.15) is 11.5 Å². The molecule has 4 rings (SSSR count). The second-order valence-corrected chi connectivity index (χ2v) is 5.46. The van der Waals surface area contributed by atoms with Crippen LogP contribution in [0.4, 0.5) is 0 Å². The van der Waals surface area contributed by atoms with Crippen molar-refractivity contribution in [1.29, 1.82) is 5.26 Å². The predicted molar refractivity (Wildman–Crippen MR) is 87.6 cm³/mol. The average Bonchev–Trinajstić information content (AvgIpc) is 2.95.